The molecule has 0 unspecified atom stereocenters. The fourth-order valence-corrected chi connectivity index (χ4v) is 2.76. The Bertz CT molecular complexity index is 585. The van der Waals surface area contributed by atoms with E-state index >= 15 is 0 Å². The Labute approximate surface area is 139 Å². The summed E-state index contributed by atoms with van der Waals surface area (Å²) in [4.78, 5) is 25.1. The average Bonchev–Trinajstić information content (AvgIpc) is 2.52. The smallest absolute Gasteiger partial charge is 0.319 e. The van der Waals surface area contributed by atoms with Gasteiger partial charge in [0.1, 0.15) is 0 Å². The van der Waals surface area contributed by atoms with Crippen LogP contribution in [-0.2, 0) is 4.79 Å². The number of urea groups is 1. The molecule has 4 N–H and O–H groups in total. The van der Waals surface area contributed by atoms with Crippen molar-refractivity contribution in [2.45, 2.75) is 12.8 Å². The van der Waals surface area contributed by atoms with Crippen LogP contribution in [0, 0.1) is 11.7 Å². The fourth-order valence-electron chi connectivity index (χ4n) is 2.59. The topological polar surface area (TPSA) is 87.5 Å². The highest BCUT2D eigenvalue weighted by atomic mass is 35.5. The van der Waals surface area contributed by atoms with Gasteiger partial charge in [0.2, 0.25) is 5.91 Å². The molecule has 0 radical (unpaired) electrons. The Morgan fingerprint density at radius 1 is 1.43 bits per heavy atom. The van der Waals surface area contributed by atoms with Crippen LogP contribution in [0.15, 0.2) is 18.2 Å². The van der Waals surface area contributed by atoms with Crippen LogP contribution in [0.3, 0.4) is 0 Å². The van der Waals surface area contributed by atoms with Gasteiger partial charge in [-0.1, -0.05) is 17.7 Å². The predicted octanol–water partition coefficient (Wildman–Crippen LogP) is 1.80. The van der Waals surface area contributed by atoms with Gasteiger partial charge in [-0.15, -0.1) is 0 Å². The van der Waals surface area contributed by atoms with Crippen LogP contribution < -0.4 is 16.4 Å². The van der Waals surface area contributed by atoms with Crippen LogP contribution in [-0.4, -0.2) is 43.0 Å². The zero-order valence-corrected chi connectivity index (χ0v) is 13.4. The summed E-state index contributed by atoms with van der Waals surface area (Å²) in [5.41, 5.74) is 5.36. The van der Waals surface area contributed by atoms with Gasteiger partial charge in [0, 0.05) is 19.6 Å². The number of nitrogens with one attached hydrogen (secondary N) is 2. The number of hydrogen-bond acceptors (Lipinski definition) is 3. The molecule has 23 heavy (non-hydrogen) atoms. The minimum absolute atomic E-state index is 0.0294. The van der Waals surface area contributed by atoms with Crippen molar-refractivity contribution >= 4 is 29.2 Å². The number of rotatable bonds is 5. The molecule has 1 atom stereocenters. The first-order chi connectivity index (χ1) is 11.0. The third-order valence-corrected chi connectivity index (χ3v) is 4.11. The third kappa shape index (κ3) is 5.07. The van der Waals surface area contributed by atoms with Crippen molar-refractivity contribution in [1.82, 2.24) is 10.2 Å². The van der Waals surface area contributed by atoms with E-state index in [0.717, 1.165) is 19.4 Å². The van der Waals surface area contributed by atoms with Crippen molar-refractivity contribution in [3.8, 4) is 0 Å². The molecule has 2 rings (SSSR count). The second kappa shape index (κ2) is 8.12. The summed E-state index contributed by atoms with van der Waals surface area (Å²) >= 11 is 5.65. The van der Waals surface area contributed by atoms with Gasteiger partial charge < -0.3 is 21.3 Å². The van der Waals surface area contributed by atoms with Crippen molar-refractivity contribution in [1.29, 1.82) is 0 Å². The van der Waals surface area contributed by atoms with Crippen molar-refractivity contribution in [2.75, 3.05) is 31.5 Å². The molecular weight excluding hydrogens is 323 g/mol. The van der Waals surface area contributed by atoms with Crippen LogP contribution in [0.2, 0.25) is 5.02 Å². The van der Waals surface area contributed by atoms with Crippen LogP contribution >= 0.6 is 11.6 Å². The van der Waals surface area contributed by atoms with E-state index in [-0.39, 0.29) is 22.5 Å². The van der Waals surface area contributed by atoms with E-state index < -0.39 is 11.8 Å². The zero-order chi connectivity index (χ0) is 16.8. The molecule has 1 saturated heterocycles. The molecule has 0 aliphatic carbocycles. The highest BCUT2D eigenvalue weighted by Gasteiger charge is 2.23. The summed E-state index contributed by atoms with van der Waals surface area (Å²) in [5, 5.41) is 5.02. The number of nitrogens with two attached hydrogens (primary N) is 1. The highest BCUT2D eigenvalue weighted by molar-refractivity contribution is 6.31. The number of anilines is 1. The Kier molecular flexibility index (Phi) is 6.18. The van der Waals surface area contributed by atoms with Crippen LogP contribution in [0.25, 0.3) is 0 Å². The van der Waals surface area contributed by atoms with Gasteiger partial charge in [-0.25, -0.2) is 9.18 Å². The highest BCUT2D eigenvalue weighted by Crippen LogP contribution is 2.21. The number of benzene rings is 1. The minimum Gasteiger partial charge on any atom is -0.369 e. The number of carbonyl (C=O) groups excluding carboxylic acids is 2. The lowest BCUT2D eigenvalue weighted by Gasteiger charge is -2.31. The quantitative estimate of drug-likeness (QED) is 0.762. The molecule has 0 spiro atoms. The molecule has 0 aromatic heterocycles. The lowest BCUT2D eigenvalue weighted by molar-refractivity contribution is -0.123. The molecule has 1 aliphatic heterocycles. The molecule has 3 amide bonds. The lowest BCUT2D eigenvalue weighted by Crippen LogP contribution is -2.44. The summed E-state index contributed by atoms with van der Waals surface area (Å²) in [7, 11) is 0. The molecule has 1 aliphatic rings. The molecule has 1 aromatic rings. The summed E-state index contributed by atoms with van der Waals surface area (Å²) in [6.07, 6.45) is 1.72. The molecule has 1 fully saturated rings. The SMILES string of the molecule is NC(=O)[C@@H]1CCCN(CCNC(=O)Nc2cccc(Cl)c2F)C1. The minimum atomic E-state index is -0.662. The maximum atomic E-state index is 13.7. The number of likely N-dealkylation sites (tertiary alicyclic amines) is 1. The van der Waals surface area contributed by atoms with E-state index in [9.17, 15) is 14.0 Å². The van der Waals surface area contributed by atoms with Crippen LogP contribution in [0.4, 0.5) is 14.9 Å². The van der Waals surface area contributed by atoms with E-state index in [0.29, 0.717) is 19.6 Å². The van der Waals surface area contributed by atoms with E-state index in [1.165, 1.54) is 12.1 Å². The first kappa shape index (κ1) is 17.5. The van der Waals surface area contributed by atoms with Gasteiger partial charge >= 0.3 is 6.03 Å². The predicted molar refractivity (Wildman–Crippen MR) is 86.8 cm³/mol. The van der Waals surface area contributed by atoms with E-state index in [4.69, 9.17) is 17.3 Å². The van der Waals surface area contributed by atoms with Gasteiger partial charge in [-0.2, -0.15) is 0 Å². The van der Waals surface area contributed by atoms with Gasteiger partial charge in [0.25, 0.3) is 0 Å². The van der Waals surface area contributed by atoms with Crippen LogP contribution in [0.5, 0.6) is 0 Å². The van der Waals surface area contributed by atoms with Crippen molar-refractivity contribution < 1.29 is 14.0 Å². The largest absolute Gasteiger partial charge is 0.369 e. The maximum absolute atomic E-state index is 13.7. The summed E-state index contributed by atoms with van der Waals surface area (Å²) in [6, 6.07) is 3.89. The number of halogens is 2. The van der Waals surface area contributed by atoms with Crippen molar-refractivity contribution in [2.24, 2.45) is 11.7 Å². The van der Waals surface area contributed by atoms with Gasteiger partial charge in [0.15, 0.2) is 5.82 Å². The lowest BCUT2D eigenvalue weighted by atomic mass is 9.97. The first-order valence-electron chi connectivity index (χ1n) is 7.48. The standard InChI is InChI=1S/C15H20ClFN4O2/c16-11-4-1-5-12(13(11)17)20-15(23)19-6-8-21-7-2-3-10(9-21)14(18)22/h1,4-5,10H,2-3,6-9H2,(H2,18,22)(H2,19,20,23)/t10-/m1/s1. The molecule has 8 heteroatoms. The molecular formula is C15H20ClFN4O2. The Hall–Kier alpha value is -1.86. The first-order valence-corrected chi connectivity index (χ1v) is 7.85. The summed E-state index contributed by atoms with van der Waals surface area (Å²) < 4.78 is 13.7. The van der Waals surface area contributed by atoms with E-state index in [1.807, 2.05) is 0 Å². The van der Waals surface area contributed by atoms with Gasteiger partial charge in [-0.3, -0.25) is 4.79 Å². The van der Waals surface area contributed by atoms with Crippen molar-refractivity contribution in [3.63, 3.8) is 0 Å². The van der Waals surface area contributed by atoms with Crippen molar-refractivity contribution in [3.05, 3.63) is 29.0 Å². The fraction of sp³-hybridized carbons (Fsp3) is 0.467. The number of amides is 3. The Morgan fingerprint density at radius 2 is 2.22 bits per heavy atom. The maximum Gasteiger partial charge on any atom is 0.319 e. The third-order valence-electron chi connectivity index (χ3n) is 3.82. The number of primary amides is 1. The average molecular weight is 343 g/mol. The summed E-state index contributed by atoms with van der Waals surface area (Å²) in [5.74, 6) is -1.07. The van der Waals surface area contributed by atoms with Gasteiger partial charge in [-0.05, 0) is 31.5 Å². The Balaban J connectivity index is 1.74. The Morgan fingerprint density at radius 3 is 2.96 bits per heavy atom. The second-order valence-corrected chi connectivity index (χ2v) is 5.93. The summed E-state index contributed by atoms with van der Waals surface area (Å²) in [6.45, 7) is 2.48. The van der Waals surface area contributed by atoms with E-state index in [1.54, 1.807) is 6.07 Å². The number of nitrogens with zero attached hydrogens (tertiary/aromatic N) is 1. The molecule has 0 bridgehead atoms. The van der Waals surface area contributed by atoms with E-state index in [2.05, 4.69) is 15.5 Å². The second-order valence-electron chi connectivity index (χ2n) is 5.52. The van der Waals surface area contributed by atoms with Crippen LogP contribution in [0.1, 0.15) is 12.8 Å². The molecule has 6 nitrogen and oxygen atoms in total. The molecule has 0 saturated carbocycles. The monoisotopic (exact) mass is 342 g/mol. The number of carbonyl (C=O) groups is 2. The van der Waals surface area contributed by atoms with Gasteiger partial charge in [0.05, 0.1) is 16.6 Å². The number of piperidine rings is 1. The molecule has 1 heterocycles. The number of hydrogen-bond donors (Lipinski definition) is 3. The molecule has 126 valence electrons. The normalized spacial score (nSPS) is 18.4. The zero-order valence-electron chi connectivity index (χ0n) is 12.6. The molecule has 1 aromatic carbocycles.